The topological polar surface area (TPSA) is 40.6 Å². The van der Waals surface area contributed by atoms with E-state index >= 15 is 0 Å². The highest BCUT2D eigenvalue weighted by Crippen LogP contribution is 2.12. The Kier molecular flexibility index (Phi) is 5.12. The lowest BCUT2D eigenvalue weighted by Gasteiger charge is -2.20. The van der Waals surface area contributed by atoms with Gasteiger partial charge in [0.15, 0.2) is 5.78 Å². The molecule has 0 aliphatic carbocycles. The number of carbonyl (C=O) groups excluding carboxylic acids is 2. The summed E-state index contributed by atoms with van der Waals surface area (Å²) < 4.78 is 0. The summed E-state index contributed by atoms with van der Waals surface area (Å²) in [5, 5.41) is 0. The molecule has 1 aromatic carbocycles. The standard InChI is InChI=1S/C17H24N2O2/c1-13-5-6-16(11-14(13)2)17(21)12-18-7-4-8-19(10-9-18)15(3)20/h5-6,11H,4,7-10,12H2,1-3H3. The van der Waals surface area contributed by atoms with Crippen LogP contribution in [0.1, 0.15) is 34.8 Å². The van der Waals surface area contributed by atoms with E-state index in [1.54, 1.807) is 6.92 Å². The number of benzene rings is 1. The van der Waals surface area contributed by atoms with Crippen LogP contribution in [0.25, 0.3) is 0 Å². The maximum atomic E-state index is 12.4. The fourth-order valence-corrected chi connectivity index (χ4v) is 2.65. The first-order valence-corrected chi connectivity index (χ1v) is 7.55. The summed E-state index contributed by atoms with van der Waals surface area (Å²) in [6.07, 6.45) is 0.930. The molecule has 0 unspecified atom stereocenters. The van der Waals surface area contributed by atoms with Crippen molar-refractivity contribution in [2.24, 2.45) is 0 Å². The Balaban J connectivity index is 1.96. The van der Waals surface area contributed by atoms with E-state index < -0.39 is 0 Å². The molecule has 1 aliphatic heterocycles. The molecule has 1 heterocycles. The molecule has 0 spiro atoms. The molecule has 114 valence electrons. The van der Waals surface area contributed by atoms with Crippen molar-refractivity contribution < 1.29 is 9.59 Å². The Morgan fingerprint density at radius 1 is 1.05 bits per heavy atom. The molecule has 0 aromatic heterocycles. The van der Waals surface area contributed by atoms with Crippen LogP contribution < -0.4 is 0 Å². The van der Waals surface area contributed by atoms with Gasteiger partial charge >= 0.3 is 0 Å². The van der Waals surface area contributed by atoms with E-state index in [2.05, 4.69) is 11.8 Å². The number of Topliss-reactive ketones (excluding diaryl/α,β-unsaturated/α-hetero) is 1. The summed E-state index contributed by atoms with van der Waals surface area (Å²) in [4.78, 5) is 27.8. The number of nitrogens with zero attached hydrogens (tertiary/aromatic N) is 2. The van der Waals surface area contributed by atoms with E-state index in [0.717, 1.165) is 43.7 Å². The first kappa shape index (κ1) is 15.7. The zero-order valence-electron chi connectivity index (χ0n) is 13.2. The first-order valence-electron chi connectivity index (χ1n) is 7.55. The van der Waals surface area contributed by atoms with Crippen molar-refractivity contribution in [3.63, 3.8) is 0 Å². The zero-order valence-corrected chi connectivity index (χ0v) is 13.2. The van der Waals surface area contributed by atoms with Gasteiger partial charge in [-0.1, -0.05) is 12.1 Å². The van der Waals surface area contributed by atoms with Crippen molar-refractivity contribution in [3.8, 4) is 0 Å². The maximum Gasteiger partial charge on any atom is 0.219 e. The Hall–Kier alpha value is -1.68. The van der Waals surface area contributed by atoms with Crippen LogP contribution in [0.3, 0.4) is 0 Å². The third-order valence-electron chi connectivity index (χ3n) is 4.23. The Bertz CT molecular complexity index is 540. The monoisotopic (exact) mass is 288 g/mol. The third-order valence-corrected chi connectivity index (χ3v) is 4.23. The van der Waals surface area contributed by atoms with Gasteiger partial charge in [-0.2, -0.15) is 0 Å². The van der Waals surface area contributed by atoms with E-state index in [0.29, 0.717) is 6.54 Å². The Morgan fingerprint density at radius 3 is 2.48 bits per heavy atom. The Morgan fingerprint density at radius 2 is 1.81 bits per heavy atom. The summed E-state index contributed by atoms with van der Waals surface area (Å²) in [5.74, 6) is 0.284. The molecule has 0 radical (unpaired) electrons. The lowest BCUT2D eigenvalue weighted by Crippen LogP contribution is -2.35. The molecule has 4 heteroatoms. The molecule has 0 N–H and O–H groups in total. The second-order valence-corrected chi connectivity index (χ2v) is 5.86. The zero-order chi connectivity index (χ0) is 15.4. The summed E-state index contributed by atoms with van der Waals surface area (Å²) in [5.41, 5.74) is 3.14. The van der Waals surface area contributed by atoms with Gasteiger partial charge in [0.05, 0.1) is 6.54 Å². The van der Waals surface area contributed by atoms with Gasteiger partial charge in [-0.25, -0.2) is 0 Å². The molecule has 1 fully saturated rings. The van der Waals surface area contributed by atoms with Gasteiger partial charge < -0.3 is 4.90 Å². The van der Waals surface area contributed by atoms with Gasteiger partial charge in [0.25, 0.3) is 0 Å². The second-order valence-electron chi connectivity index (χ2n) is 5.86. The summed E-state index contributed by atoms with van der Waals surface area (Å²) >= 11 is 0. The van der Waals surface area contributed by atoms with Crippen molar-refractivity contribution in [1.82, 2.24) is 9.80 Å². The van der Waals surface area contributed by atoms with E-state index in [1.165, 1.54) is 5.56 Å². The quantitative estimate of drug-likeness (QED) is 0.799. The van der Waals surface area contributed by atoms with Gasteiger partial charge in [-0.15, -0.1) is 0 Å². The molecule has 0 atom stereocenters. The van der Waals surface area contributed by atoms with Crippen LogP contribution in [-0.2, 0) is 4.79 Å². The average Bonchev–Trinajstić information content (AvgIpc) is 2.67. The van der Waals surface area contributed by atoms with Crippen LogP contribution in [0.4, 0.5) is 0 Å². The third kappa shape index (κ3) is 4.14. The van der Waals surface area contributed by atoms with Crippen LogP contribution in [0.5, 0.6) is 0 Å². The number of aryl methyl sites for hydroxylation is 2. The van der Waals surface area contributed by atoms with Crippen molar-refractivity contribution in [1.29, 1.82) is 0 Å². The molecule has 1 saturated heterocycles. The van der Waals surface area contributed by atoms with Crippen molar-refractivity contribution in [3.05, 3.63) is 34.9 Å². The van der Waals surface area contributed by atoms with Crippen LogP contribution in [0.15, 0.2) is 18.2 Å². The minimum absolute atomic E-state index is 0.123. The second kappa shape index (κ2) is 6.85. The predicted molar refractivity (Wildman–Crippen MR) is 83.6 cm³/mol. The lowest BCUT2D eigenvalue weighted by atomic mass is 10.0. The molecule has 0 saturated carbocycles. The summed E-state index contributed by atoms with van der Waals surface area (Å²) in [6, 6.07) is 5.88. The van der Waals surface area contributed by atoms with Crippen molar-refractivity contribution >= 4 is 11.7 Å². The van der Waals surface area contributed by atoms with Gasteiger partial charge in [0.2, 0.25) is 5.91 Å². The molecule has 21 heavy (non-hydrogen) atoms. The number of hydrogen-bond donors (Lipinski definition) is 0. The number of hydrogen-bond acceptors (Lipinski definition) is 3. The number of ketones is 1. The normalized spacial score (nSPS) is 16.6. The molecule has 1 aliphatic rings. The minimum atomic E-state index is 0.123. The fourth-order valence-electron chi connectivity index (χ4n) is 2.65. The van der Waals surface area contributed by atoms with E-state index in [1.807, 2.05) is 30.0 Å². The van der Waals surface area contributed by atoms with Crippen LogP contribution in [-0.4, -0.2) is 54.2 Å². The number of carbonyl (C=O) groups is 2. The van der Waals surface area contributed by atoms with E-state index in [-0.39, 0.29) is 11.7 Å². The molecule has 1 amide bonds. The van der Waals surface area contributed by atoms with Gasteiger partial charge in [0.1, 0.15) is 0 Å². The van der Waals surface area contributed by atoms with Gasteiger partial charge in [0, 0.05) is 38.7 Å². The minimum Gasteiger partial charge on any atom is -0.342 e. The maximum absolute atomic E-state index is 12.4. The van der Waals surface area contributed by atoms with Crippen molar-refractivity contribution in [2.75, 3.05) is 32.7 Å². The molecule has 4 nitrogen and oxygen atoms in total. The first-order chi connectivity index (χ1) is 9.97. The summed E-state index contributed by atoms with van der Waals surface area (Å²) in [7, 11) is 0. The highest BCUT2D eigenvalue weighted by Gasteiger charge is 2.19. The Labute approximate surface area is 126 Å². The summed E-state index contributed by atoms with van der Waals surface area (Å²) in [6.45, 7) is 9.29. The smallest absolute Gasteiger partial charge is 0.219 e. The molecule has 2 rings (SSSR count). The lowest BCUT2D eigenvalue weighted by molar-refractivity contribution is -0.128. The largest absolute Gasteiger partial charge is 0.342 e. The average molecular weight is 288 g/mol. The number of rotatable bonds is 3. The van der Waals surface area contributed by atoms with Crippen molar-refractivity contribution in [2.45, 2.75) is 27.2 Å². The van der Waals surface area contributed by atoms with Crippen LogP contribution >= 0.6 is 0 Å². The molecule has 1 aromatic rings. The molecule has 0 bridgehead atoms. The SMILES string of the molecule is CC(=O)N1CCCN(CC(=O)c2ccc(C)c(C)c2)CC1. The number of amides is 1. The molecular formula is C17H24N2O2. The van der Waals surface area contributed by atoms with Crippen LogP contribution in [0, 0.1) is 13.8 Å². The van der Waals surface area contributed by atoms with Gasteiger partial charge in [-0.05, 0) is 37.5 Å². The van der Waals surface area contributed by atoms with E-state index in [9.17, 15) is 9.59 Å². The highest BCUT2D eigenvalue weighted by molar-refractivity contribution is 5.97. The molecular weight excluding hydrogens is 264 g/mol. The highest BCUT2D eigenvalue weighted by atomic mass is 16.2. The fraction of sp³-hybridized carbons (Fsp3) is 0.529. The predicted octanol–water partition coefficient (Wildman–Crippen LogP) is 2.04. The van der Waals surface area contributed by atoms with Gasteiger partial charge in [-0.3, -0.25) is 14.5 Å². The van der Waals surface area contributed by atoms with Crippen LogP contribution in [0.2, 0.25) is 0 Å². The van der Waals surface area contributed by atoms with E-state index in [4.69, 9.17) is 0 Å².